The van der Waals surface area contributed by atoms with E-state index in [1.807, 2.05) is 30.3 Å². The first-order valence-electron chi connectivity index (χ1n) is 8.59. The highest BCUT2D eigenvalue weighted by atomic mass is 31.2. The van der Waals surface area contributed by atoms with Crippen molar-refractivity contribution in [1.29, 1.82) is 0 Å². The largest absolute Gasteiger partial charge is 0.374 e. The zero-order chi connectivity index (χ0) is 20.0. The molecule has 150 valence electrons. The minimum absolute atomic E-state index is 0.0442. The maximum Gasteiger partial charge on any atom is 0.328 e. The number of aromatic amines is 1. The van der Waals surface area contributed by atoms with Gasteiger partial charge in [0.1, 0.15) is 0 Å². The van der Waals surface area contributed by atoms with Gasteiger partial charge in [-0.05, 0) is 5.56 Å². The van der Waals surface area contributed by atoms with Crippen LogP contribution < -0.4 is 5.56 Å². The number of H-pyrrole nitrogens is 1. The van der Waals surface area contributed by atoms with E-state index in [1.165, 1.54) is 12.7 Å². The maximum atomic E-state index is 11.7. The van der Waals surface area contributed by atoms with Gasteiger partial charge in [-0.1, -0.05) is 30.3 Å². The predicted molar refractivity (Wildman–Crippen MR) is 101 cm³/mol. The SMILES string of the molecule is O=c1[nH]cnc2c1ncn2CCOC(COCc1ccccc1)CP(=O)(O)O. The number of ether oxygens (including phenoxy) is 2. The van der Waals surface area contributed by atoms with Crippen molar-refractivity contribution in [2.45, 2.75) is 19.3 Å². The number of fused-ring (bicyclic) bond motifs is 1. The summed E-state index contributed by atoms with van der Waals surface area (Å²) in [5, 5.41) is 0. The molecule has 0 spiro atoms. The molecule has 0 amide bonds. The van der Waals surface area contributed by atoms with E-state index >= 15 is 0 Å². The molecular weight excluding hydrogens is 387 g/mol. The number of nitrogens with one attached hydrogen (secondary N) is 1. The fourth-order valence-electron chi connectivity index (χ4n) is 2.67. The van der Waals surface area contributed by atoms with Gasteiger partial charge in [0.2, 0.25) is 0 Å². The summed E-state index contributed by atoms with van der Waals surface area (Å²) in [6.07, 6.45) is 1.55. The highest BCUT2D eigenvalue weighted by molar-refractivity contribution is 7.51. The Kier molecular flexibility index (Phi) is 6.71. The minimum atomic E-state index is -4.26. The number of hydrogen-bond acceptors (Lipinski definition) is 6. The molecule has 2 heterocycles. The second kappa shape index (κ2) is 9.22. The van der Waals surface area contributed by atoms with Gasteiger partial charge in [0, 0.05) is 6.54 Å². The molecule has 0 saturated heterocycles. The zero-order valence-corrected chi connectivity index (χ0v) is 15.9. The van der Waals surface area contributed by atoms with Gasteiger partial charge < -0.3 is 28.8 Å². The Bertz CT molecular complexity index is 1000. The number of benzene rings is 1. The standard InChI is InChI=1S/C17H21N4O6P/c22-17-15-16(18-11-19-17)21(12-20-15)6-7-27-14(10-28(23,24)25)9-26-8-13-4-2-1-3-5-13/h1-5,11-12,14H,6-10H2,(H,18,19,22)(H2,23,24,25). The first-order valence-corrected chi connectivity index (χ1v) is 10.4. The summed E-state index contributed by atoms with van der Waals surface area (Å²) in [5.74, 6) is 0. The molecule has 28 heavy (non-hydrogen) atoms. The maximum absolute atomic E-state index is 11.7. The van der Waals surface area contributed by atoms with Crippen LogP contribution >= 0.6 is 7.60 Å². The van der Waals surface area contributed by atoms with Crippen LogP contribution in [0.5, 0.6) is 0 Å². The lowest BCUT2D eigenvalue weighted by molar-refractivity contribution is -0.0145. The van der Waals surface area contributed by atoms with Gasteiger partial charge in [-0.15, -0.1) is 0 Å². The summed E-state index contributed by atoms with van der Waals surface area (Å²) >= 11 is 0. The Balaban J connectivity index is 1.55. The van der Waals surface area contributed by atoms with Crippen LogP contribution in [-0.2, 0) is 27.2 Å². The Labute approximate surface area is 160 Å². The molecule has 11 heteroatoms. The molecular formula is C17H21N4O6P. The smallest absolute Gasteiger partial charge is 0.328 e. The monoisotopic (exact) mass is 408 g/mol. The number of aromatic nitrogens is 4. The van der Waals surface area contributed by atoms with Crippen molar-refractivity contribution in [1.82, 2.24) is 19.5 Å². The van der Waals surface area contributed by atoms with Crippen LogP contribution in [0.1, 0.15) is 5.56 Å². The van der Waals surface area contributed by atoms with E-state index < -0.39 is 19.9 Å². The molecule has 3 rings (SSSR count). The highest BCUT2D eigenvalue weighted by Gasteiger charge is 2.22. The topological polar surface area (TPSA) is 140 Å². The van der Waals surface area contributed by atoms with Crippen LogP contribution in [0.15, 0.2) is 47.8 Å². The Morgan fingerprint density at radius 2 is 2.00 bits per heavy atom. The van der Waals surface area contributed by atoms with E-state index in [4.69, 9.17) is 9.47 Å². The molecule has 1 atom stereocenters. The molecule has 2 aromatic heterocycles. The zero-order valence-electron chi connectivity index (χ0n) is 15.0. The predicted octanol–water partition coefficient (Wildman–Crippen LogP) is 0.899. The summed E-state index contributed by atoms with van der Waals surface area (Å²) in [5.41, 5.74) is 1.26. The van der Waals surface area contributed by atoms with Crippen molar-refractivity contribution in [3.05, 3.63) is 58.9 Å². The summed E-state index contributed by atoms with van der Waals surface area (Å²) in [7, 11) is -4.26. The van der Waals surface area contributed by atoms with Crippen LogP contribution in [-0.4, -0.2) is 54.8 Å². The third-order valence-electron chi connectivity index (χ3n) is 3.95. The van der Waals surface area contributed by atoms with E-state index in [1.54, 1.807) is 4.57 Å². The third kappa shape index (κ3) is 5.82. The fraction of sp³-hybridized carbons (Fsp3) is 0.353. The number of nitrogens with zero attached hydrogens (tertiary/aromatic N) is 3. The van der Waals surface area contributed by atoms with E-state index in [0.29, 0.717) is 18.8 Å². The van der Waals surface area contributed by atoms with Crippen LogP contribution in [0.4, 0.5) is 0 Å². The number of rotatable bonds is 10. The minimum Gasteiger partial charge on any atom is -0.374 e. The van der Waals surface area contributed by atoms with Gasteiger partial charge in [-0.25, -0.2) is 9.97 Å². The van der Waals surface area contributed by atoms with E-state index in [-0.39, 0.29) is 24.3 Å². The van der Waals surface area contributed by atoms with Crippen molar-refractivity contribution >= 4 is 18.8 Å². The molecule has 1 aromatic carbocycles. The van der Waals surface area contributed by atoms with Gasteiger partial charge in [-0.3, -0.25) is 9.36 Å². The van der Waals surface area contributed by atoms with E-state index in [9.17, 15) is 19.1 Å². The van der Waals surface area contributed by atoms with Crippen LogP contribution in [0.3, 0.4) is 0 Å². The summed E-state index contributed by atoms with van der Waals surface area (Å²) in [6, 6.07) is 9.47. The van der Waals surface area contributed by atoms with Crippen molar-refractivity contribution in [3.8, 4) is 0 Å². The second-order valence-corrected chi connectivity index (χ2v) is 7.88. The summed E-state index contributed by atoms with van der Waals surface area (Å²) in [6.45, 7) is 0.839. The molecule has 0 fully saturated rings. The molecule has 0 aliphatic heterocycles. The average molecular weight is 408 g/mol. The lowest BCUT2D eigenvalue weighted by Crippen LogP contribution is -2.26. The quantitative estimate of drug-likeness (QED) is 0.421. The Hall–Kier alpha value is -2.36. The molecule has 1 unspecified atom stereocenters. The highest BCUT2D eigenvalue weighted by Crippen LogP contribution is 2.35. The molecule has 10 nitrogen and oxygen atoms in total. The molecule has 0 aliphatic rings. The van der Waals surface area contributed by atoms with Crippen LogP contribution in [0.25, 0.3) is 11.2 Å². The van der Waals surface area contributed by atoms with Crippen LogP contribution in [0.2, 0.25) is 0 Å². The molecule has 3 N–H and O–H groups in total. The van der Waals surface area contributed by atoms with Gasteiger partial charge in [-0.2, -0.15) is 0 Å². The molecule has 0 aliphatic carbocycles. The van der Waals surface area contributed by atoms with Gasteiger partial charge >= 0.3 is 7.60 Å². The lowest BCUT2D eigenvalue weighted by atomic mass is 10.2. The molecule has 3 aromatic rings. The fourth-order valence-corrected chi connectivity index (χ4v) is 3.42. The first-order chi connectivity index (χ1) is 13.4. The summed E-state index contributed by atoms with van der Waals surface area (Å²) in [4.78, 5) is 40.7. The average Bonchev–Trinajstić information content (AvgIpc) is 3.06. The van der Waals surface area contributed by atoms with E-state index in [2.05, 4.69) is 15.0 Å². The lowest BCUT2D eigenvalue weighted by Gasteiger charge is -2.19. The van der Waals surface area contributed by atoms with Crippen molar-refractivity contribution in [3.63, 3.8) is 0 Å². The van der Waals surface area contributed by atoms with E-state index in [0.717, 1.165) is 5.56 Å². The normalized spacial score (nSPS) is 13.1. The van der Waals surface area contributed by atoms with Crippen molar-refractivity contribution < 1.29 is 23.8 Å². The third-order valence-corrected chi connectivity index (χ3v) is 4.83. The number of imidazole rings is 1. The Morgan fingerprint density at radius 3 is 2.75 bits per heavy atom. The van der Waals surface area contributed by atoms with Gasteiger partial charge in [0.15, 0.2) is 11.2 Å². The molecule has 0 radical (unpaired) electrons. The van der Waals surface area contributed by atoms with Gasteiger partial charge in [0.25, 0.3) is 5.56 Å². The second-order valence-electron chi connectivity index (χ2n) is 6.18. The number of hydrogen-bond donors (Lipinski definition) is 3. The summed E-state index contributed by atoms with van der Waals surface area (Å²) < 4.78 is 24.2. The first kappa shape index (κ1) is 20.4. The van der Waals surface area contributed by atoms with Crippen molar-refractivity contribution in [2.24, 2.45) is 0 Å². The molecule has 0 saturated carbocycles. The van der Waals surface area contributed by atoms with Crippen LogP contribution in [0, 0.1) is 0 Å². The van der Waals surface area contributed by atoms with Gasteiger partial charge in [0.05, 0.1) is 44.7 Å². The van der Waals surface area contributed by atoms with Crippen molar-refractivity contribution in [2.75, 3.05) is 19.4 Å². The Morgan fingerprint density at radius 1 is 1.21 bits per heavy atom. The molecule has 0 bridgehead atoms.